The fourth-order valence-electron chi connectivity index (χ4n) is 3.17. The standard InChI is InChI=1S/C20H25FN6O/c1-22-19(28)15-7-5-14(6-8-15)12-25-20(23-2)26-16-9-11-27(13-16)18-17(21)4-3-10-24-18/h3-8,10,16H,9,11-13H2,1-2H3,(H,22,28)(H2,23,25,26). The number of aromatic nitrogens is 1. The van der Waals surface area contributed by atoms with E-state index in [1.807, 2.05) is 17.0 Å². The van der Waals surface area contributed by atoms with Crippen molar-refractivity contribution in [2.45, 2.75) is 19.0 Å². The van der Waals surface area contributed by atoms with Crippen LogP contribution in [0.5, 0.6) is 0 Å². The van der Waals surface area contributed by atoms with Crippen molar-refractivity contribution in [3.8, 4) is 0 Å². The zero-order valence-corrected chi connectivity index (χ0v) is 16.1. The Morgan fingerprint density at radius 3 is 2.79 bits per heavy atom. The van der Waals surface area contributed by atoms with Gasteiger partial charge in [0.2, 0.25) is 0 Å². The van der Waals surface area contributed by atoms with Crippen molar-refractivity contribution < 1.29 is 9.18 Å². The highest BCUT2D eigenvalue weighted by Crippen LogP contribution is 2.20. The summed E-state index contributed by atoms with van der Waals surface area (Å²) in [5, 5.41) is 9.25. The number of hydrogen-bond donors (Lipinski definition) is 3. The molecule has 1 fully saturated rings. The molecule has 3 rings (SSSR count). The second kappa shape index (κ2) is 9.16. The summed E-state index contributed by atoms with van der Waals surface area (Å²) in [6.07, 6.45) is 2.48. The molecule has 1 aliphatic heterocycles. The first-order valence-corrected chi connectivity index (χ1v) is 9.24. The largest absolute Gasteiger partial charge is 0.355 e. The number of carbonyl (C=O) groups is 1. The third kappa shape index (κ3) is 4.76. The first kappa shape index (κ1) is 19.6. The number of carbonyl (C=O) groups excluding carboxylic acids is 1. The SMILES string of the molecule is CN=C(NCc1ccc(C(=O)NC)cc1)NC1CCN(c2ncccc2F)C1. The molecule has 8 heteroatoms. The fourth-order valence-corrected chi connectivity index (χ4v) is 3.17. The third-order valence-corrected chi connectivity index (χ3v) is 4.69. The van der Waals surface area contributed by atoms with E-state index in [-0.39, 0.29) is 17.8 Å². The molecule has 28 heavy (non-hydrogen) atoms. The minimum atomic E-state index is -0.300. The number of nitrogens with one attached hydrogen (secondary N) is 3. The molecule has 1 aromatic heterocycles. The van der Waals surface area contributed by atoms with Gasteiger partial charge in [-0.1, -0.05) is 12.1 Å². The summed E-state index contributed by atoms with van der Waals surface area (Å²) in [6, 6.07) is 10.6. The van der Waals surface area contributed by atoms with Crippen molar-refractivity contribution in [1.82, 2.24) is 20.9 Å². The minimum absolute atomic E-state index is 0.105. The quantitative estimate of drug-likeness (QED) is 0.538. The summed E-state index contributed by atoms with van der Waals surface area (Å²) >= 11 is 0. The van der Waals surface area contributed by atoms with E-state index in [9.17, 15) is 9.18 Å². The minimum Gasteiger partial charge on any atom is -0.355 e. The van der Waals surface area contributed by atoms with Crippen LogP contribution in [0.1, 0.15) is 22.3 Å². The molecule has 3 N–H and O–H groups in total. The number of rotatable bonds is 5. The molecule has 0 spiro atoms. The molecule has 2 aromatic rings. The Morgan fingerprint density at radius 1 is 1.32 bits per heavy atom. The van der Waals surface area contributed by atoms with Gasteiger partial charge in [-0.3, -0.25) is 9.79 Å². The smallest absolute Gasteiger partial charge is 0.251 e. The predicted molar refractivity (Wildman–Crippen MR) is 108 cm³/mol. The zero-order valence-electron chi connectivity index (χ0n) is 16.1. The molecule has 1 unspecified atom stereocenters. The fraction of sp³-hybridized carbons (Fsp3) is 0.350. The van der Waals surface area contributed by atoms with Crippen LogP contribution in [-0.2, 0) is 6.54 Å². The van der Waals surface area contributed by atoms with E-state index < -0.39 is 0 Å². The highest BCUT2D eigenvalue weighted by Gasteiger charge is 2.25. The number of pyridine rings is 1. The van der Waals surface area contributed by atoms with E-state index >= 15 is 0 Å². The molecular formula is C20H25FN6O. The number of amides is 1. The van der Waals surface area contributed by atoms with E-state index in [2.05, 4.69) is 25.9 Å². The predicted octanol–water partition coefficient (Wildman–Crippen LogP) is 1.52. The molecule has 0 saturated carbocycles. The van der Waals surface area contributed by atoms with Gasteiger partial charge in [-0.05, 0) is 36.2 Å². The molecular weight excluding hydrogens is 359 g/mol. The van der Waals surface area contributed by atoms with Crippen LogP contribution in [0.4, 0.5) is 10.2 Å². The van der Waals surface area contributed by atoms with Crippen LogP contribution in [0.15, 0.2) is 47.6 Å². The Balaban J connectivity index is 1.51. The van der Waals surface area contributed by atoms with Gasteiger partial charge in [0.25, 0.3) is 5.91 Å². The van der Waals surface area contributed by atoms with Crippen molar-refractivity contribution in [1.29, 1.82) is 0 Å². The number of aliphatic imine (C=N–C) groups is 1. The Morgan fingerprint density at radius 2 is 2.11 bits per heavy atom. The van der Waals surface area contributed by atoms with Crippen LogP contribution in [0.25, 0.3) is 0 Å². The van der Waals surface area contributed by atoms with Crippen molar-refractivity contribution in [3.05, 3.63) is 59.5 Å². The summed E-state index contributed by atoms with van der Waals surface area (Å²) in [4.78, 5) is 21.9. The van der Waals surface area contributed by atoms with Crippen molar-refractivity contribution in [2.24, 2.45) is 4.99 Å². The lowest BCUT2D eigenvalue weighted by Gasteiger charge is -2.20. The van der Waals surface area contributed by atoms with Gasteiger partial charge in [-0.15, -0.1) is 0 Å². The maximum atomic E-state index is 13.9. The van der Waals surface area contributed by atoms with Gasteiger partial charge in [0.05, 0.1) is 0 Å². The van der Waals surface area contributed by atoms with Crippen LogP contribution in [-0.4, -0.2) is 50.1 Å². The Kier molecular flexibility index (Phi) is 6.41. The second-order valence-electron chi connectivity index (χ2n) is 6.59. The van der Waals surface area contributed by atoms with Crippen LogP contribution >= 0.6 is 0 Å². The molecule has 1 aromatic carbocycles. The molecule has 2 heterocycles. The lowest BCUT2D eigenvalue weighted by atomic mass is 10.1. The van der Waals surface area contributed by atoms with Crippen molar-refractivity contribution in [2.75, 3.05) is 32.1 Å². The molecule has 0 radical (unpaired) electrons. The average molecular weight is 384 g/mol. The number of guanidine groups is 1. The molecule has 0 aliphatic carbocycles. The summed E-state index contributed by atoms with van der Waals surface area (Å²) in [6.45, 7) is 1.98. The molecule has 148 valence electrons. The zero-order chi connectivity index (χ0) is 19.9. The van der Waals surface area contributed by atoms with E-state index in [4.69, 9.17) is 0 Å². The van der Waals surface area contributed by atoms with Crippen molar-refractivity contribution in [3.63, 3.8) is 0 Å². The maximum absolute atomic E-state index is 13.9. The van der Waals surface area contributed by atoms with Gasteiger partial charge < -0.3 is 20.9 Å². The Bertz CT molecular complexity index is 839. The number of benzene rings is 1. The summed E-state index contributed by atoms with van der Waals surface area (Å²) in [7, 11) is 3.33. The van der Waals surface area contributed by atoms with Crippen molar-refractivity contribution >= 4 is 17.7 Å². The third-order valence-electron chi connectivity index (χ3n) is 4.69. The van der Waals surface area contributed by atoms with Crippen LogP contribution in [0.3, 0.4) is 0 Å². The molecule has 1 amide bonds. The first-order valence-electron chi connectivity index (χ1n) is 9.24. The van der Waals surface area contributed by atoms with Gasteiger partial charge in [-0.2, -0.15) is 0 Å². The van der Waals surface area contributed by atoms with Gasteiger partial charge >= 0.3 is 0 Å². The number of nitrogens with zero attached hydrogens (tertiary/aromatic N) is 3. The summed E-state index contributed by atoms with van der Waals surface area (Å²) in [5.41, 5.74) is 1.67. The Hall–Kier alpha value is -3.16. The first-order chi connectivity index (χ1) is 13.6. The normalized spacial score (nSPS) is 16.8. The molecule has 7 nitrogen and oxygen atoms in total. The van der Waals surface area contributed by atoms with Gasteiger partial charge in [-0.25, -0.2) is 9.37 Å². The monoisotopic (exact) mass is 384 g/mol. The topological polar surface area (TPSA) is 81.6 Å². The second-order valence-corrected chi connectivity index (χ2v) is 6.59. The van der Waals surface area contributed by atoms with Crippen LogP contribution < -0.4 is 20.9 Å². The highest BCUT2D eigenvalue weighted by molar-refractivity contribution is 5.93. The van der Waals surface area contributed by atoms with Crippen LogP contribution in [0.2, 0.25) is 0 Å². The van der Waals surface area contributed by atoms with Gasteiger partial charge in [0.1, 0.15) is 0 Å². The van der Waals surface area contributed by atoms with E-state index in [1.165, 1.54) is 6.07 Å². The molecule has 1 aliphatic rings. The lowest BCUT2D eigenvalue weighted by molar-refractivity contribution is 0.0963. The summed E-state index contributed by atoms with van der Waals surface area (Å²) < 4.78 is 13.9. The van der Waals surface area contributed by atoms with E-state index in [1.54, 1.807) is 38.5 Å². The summed E-state index contributed by atoms with van der Waals surface area (Å²) in [5.74, 6) is 0.674. The van der Waals surface area contributed by atoms with Gasteiger partial charge in [0, 0.05) is 51.5 Å². The van der Waals surface area contributed by atoms with E-state index in [0.29, 0.717) is 30.4 Å². The highest BCUT2D eigenvalue weighted by atomic mass is 19.1. The number of anilines is 1. The Labute approximate surface area is 164 Å². The molecule has 1 atom stereocenters. The average Bonchev–Trinajstić information content (AvgIpc) is 3.19. The van der Waals surface area contributed by atoms with Gasteiger partial charge in [0.15, 0.2) is 17.6 Å². The number of hydrogen-bond acceptors (Lipinski definition) is 4. The maximum Gasteiger partial charge on any atom is 0.251 e. The molecule has 1 saturated heterocycles. The van der Waals surface area contributed by atoms with Crippen LogP contribution in [0, 0.1) is 5.82 Å². The van der Waals surface area contributed by atoms with E-state index in [0.717, 1.165) is 18.5 Å². The molecule has 0 bridgehead atoms. The number of halogens is 1. The lowest BCUT2D eigenvalue weighted by Crippen LogP contribution is -2.44.